The lowest BCUT2D eigenvalue weighted by molar-refractivity contribution is -0.130. The summed E-state index contributed by atoms with van der Waals surface area (Å²) in [7, 11) is 0. The van der Waals surface area contributed by atoms with Crippen molar-refractivity contribution in [3.63, 3.8) is 0 Å². The van der Waals surface area contributed by atoms with Gasteiger partial charge in [-0.05, 0) is 41.5 Å². The van der Waals surface area contributed by atoms with Crippen molar-refractivity contribution in [2.45, 2.75) is 37.3 Å². The molecule has 5 rings (SSSR count). The number of hydrogen-bond acceptors (Lipinski definition) is 2. The van der Waals surface area contributed by atoms with Crippen molar-refractivity contribution < 1.29 is 9.53 Å². The summed E-state index contributed by atoms with van der Waals surface area (Å²) in [5.41, 5.74) is 3.81. The Hall–Kier alpha value is -3.69. The second-order valence-electron chi connectivity index (χ2n) is 9.46. The Bertz CT molecular complexity index is 1130. The SMILES string of the molecule is O=C1CC[C@@H](COC(c2ccccc2)(c2ccccc2)c2ccccc2)N1CCCc1ccccc1. The molecule has 1 amide bonds. The molecule has 3 heteroatoms. The molecule has 1 heterocycles. The summed E-state index contributed by atoms with van der Waals surface area (Å²) in [6.07, 6.45) is 3.35. The summed E-state index contributed by atoms with van der Waals surface area (Å²) < 4.78 is 7.02. The monoisotopic (exact) mass is 475 g/mol. The van der Waals surface area contributed by atoms with Crippen LogP contribution in [-0.2, 0) is 21.6 Å². The highest BCUT2D eigenvalue weighted by atomic mass is 16.5. The fourth-order valence-corrected chi connectivity index (χ4v) is 5.36. The van der Waals surface area contributed by atoms with Gasteiger partial charge in [-0.15, -0.1) is 0 Å². The van der Waals surface area contributed by atoms with Crippen LogP contribution in [0.5, 0.6) is 0 Å². The summed E-state index contributed by atoms with van der Waals surface area (Å²) in [5, 5.41) is 0. The molecule has 0 aromatic heterocycles. The smallest absolute Gasteiger partial charge is 0.222 e. The van der Waals surface area contributed by atoms with Gasteiger partial charge < -0.3 is 9.64 Å². The van der Waals surface area contributed by atoms with Crippen LogP contribution < -0.4 is 0 Å². The molecule has 0 spiro atoms. The minimum atomic E-state index is -0.759. The zero-order chi connectivity index (χ0) is 24.6. The van der Waals surface area contributed by atoms with Gasteiger partial charge in [0.2, 0.25) is 5.91 Å². The zero-order valence-corrected chi connectivity index (χ0v) is 20.6. The van der Waals surface area contributed by atoms with Crippen LogP contribution in [0.2, 0.25) is 0 Å². The van der Waals surface area contributed by atoms with Crippen LogP contribution in [-0.4, -0.2) is 30.0 Å². The van der Waals surface area contributed by atoms with E-state index in [0.717, 1.165) is 42.5 Å². The number of hydrogen-bond donors (Lipinski definition) is 0. The maximum Gasteiger partial charge on any atom is 0.222 e. The maximum absolute atomic E-state index is 12.8. The van der Waals surface area contributed by atoms with Crippen molar-refractivity contribution in [2.24, 2.45) is 0 Å². The lowest BCUT2D eigenvalue weighted by Gasteiger charge is -2.38. The Kier molecular flexibility index (Phi) is 7.58. The van der Waals surface area contributed by atoms with Gasteiger partial charge in [0, 0.05) is 13.0 Å². The molecule has 0 saturated carbocycles. The van der Waals surface area contributed by atoms with E-state index in [2.05, 4.69) is 102 Å². The lowest BCUT2D eigenvalue weighted by atomic mass is 9.80. The second kappa shape index (κ2) is 11.4. The maximum atomic E-state index is 12.8. The molecular weight excluding hydrogens is 442 g/mol. The Morgan fingerprint density at radius 2 is 1.17 bits per heavy atom. The van der Waals surface area contributed by atoms with E-state index < -0.39 is 5.60 Å². The van der Waals surface area contributed by atoms with Crippen LogP contribution in [0.3, 0.4) is 0 Å². The largest absolute Gasteiger partial charge is 0.359 e. The molecule has 0 N–H and O–H groups in total. The molecule has 1 atom stereocenters. The topological polar surface area (TPSA) is 29.5 Å². The van der Waals surface area contributed by atoms with Crippen molar-refractivity contribution >= 4 is 5.91 Å². The molecule has 0 bridgehead atoms. The van der Waals surface area contributed by atoms with Gasteiger partial charge >= 0.3 is 0 Å². The first-order valence-electron chi connectivity index (χ1n) is 12.9. The highest BCUT2D eigenvalue weighted by molar-refractivity contribution is 5.78. The van der Waals surface area contributed by atoms with Crippen LogP contribution in [0, 0.1) is 0 Å². The zero-order valence-electron chi connectivity index (χ0n) is 20.6. The van der Waals surface area contributed by atoms with E-state index in [4.69, 9.17) is 4.74 Å². The minimum Gasteiger partial charge on any atom is -0.359 e. The predicted octanol–water partition coefficient (Wildman–Crippen LogP) is 6.62. The summed E-state index contributed by atoms with van der Waals surface area (Å²) in [6.45, 7) is 1.24. The molecule has 1 saturated heterocycles. The third kappa shape index (κ3) is 5.12. The molecule has 4 aromatic rings. The van der Waals surface area contributed by atoms with Crippen LogP contribution in [0.4, 0.5) is 0 Å². The van der Waals surface area contributed by atoms with Crippen molar-refractivity contribution in [3.8, 4) is 0 Å². The van der Waals surface area contributed by atoms with E-state index in [1.165, 1.54) is 5.56 Å². The average molecular weight is 476 g/mol. The predicted molar refractivity (Wildman–Crippen MR) is 145 cm³/mol. The molecule has 1 aliphatic rings. The van der Waals surface area contributed by atoms with E-state index in [9.17, 15) is 4.79 Å². The van der Waals surface area contributed by atoms with Crippen LogP contribution >= 0.6 is 0 Å². The number of carbonyl (C=O) groups is 1. The van der Waals surface area contributed by atoms with Gasteiger partial charge in [0.15, 0.2) is 0 Å². The third-order valence-electron chi connectivity index (χ3n) is 7.19. The summed E-state index contributed by atoms with van der Waals surface area (Å²) in [5.74, 6) is 0.237. The van der Waals surface area contributed by atoms with Crippen molar-refractivity contribution in [3.05, 3.63) is 144 Å². The molecule has 0 aliphatic carbocycles. The summed E-state index contributed by atoms with van der Waals surface area (Å²) in [6, 6.07) is 41.9. The Morgan fingerprint density at radius 1 is 0.694 bits per heavy atom. The number of nitrogens with zero attached hydrogens (tertiary/aromatic N) is 1. The number of carbonyl (C=O) groups excluding carboxylic acids is 1. The molecule has 1 aliphatic heterocycles. The number of benzene rings is 4. The lowest BCUT2D eigenvalue weighted by Crippen LogP contribution is -2.41. The molecule has 1 fully saturated rings. The number of likely N-dealkylation sites (tertiary alicyclic amines) is 1. The first-order valence-corrected chi connectivity index (χ1v) is 12.9. The van der Waals surface area contributed by atoms with Crippen LogP contribution in [0.25, 0.3) is 0 Å². The van der Waals surface area contributed by atoms with E-state index in [0.29, 0.717) is 13.0 Å². The molecule has 0 radical (unpaired) electrons. The van der Waals surface area contributed by atoms with Crippen molar-refractivity contribution in [2.75, 3.05) is 13.2 Å². The number of ether oxygens (including phenoxy) is 1. The van der Waals surface area contributed by atoms with E-state index >= 15 is 0 Å². The molecule has 3 nitrogen and oxygen atoms in total. The van der Waals surface area contributed by atoms with Crippen molar-refractivity contribution in [1.29, 1.82) is 0 Å². The van der Waals surface area contributed by atoms with Gasteiger partial charge in [0.05, 0.1) is 12.6 Å². The highest BCUT2D eigenvalue weighted by Crippen LogP contribution is 2.41. The van der Waals surface area contributed by atoms with E-state index in [1.807, 2.05) is 24.3 Å². The number of aryl methyl sites for hydroxylation is 1. The summed E-state index contributed by atoms with van der Waals surface area (Å²) >= 11 is 0. The first-order chi connectivity index (χ1) is 17.8. The molecular formula is C33H33NO2. The number of rotatable bonds is 10. The standard InChI is InChI=1S/C33H33NO2/c35-32-24-23-31(34(32)25-13-16-27-14-5-1-6-15-27)26-36-33(28-17-7-2-8-18-28,29-19-9-3-10-20-29)30-21-11-4-12-22-30/h1-12,14-15,17-22,31H,13,16,23-26H2/t31-/m0/s1. The Labute approximate surface area is 214 Å². The molecule has 182 valence electrons. The van der Waals surface area contributed by atoms with E-state index in [1.54, 1.807) is 0 Å². The fraction of sp³-hybridized carbons (Fsp3) is 0.242. The van der Waals surface area contributed by atoms with Crippen molar-refractivity contribution in [1.82, 2.24) is 4.90 Å². The van der Waals surface area contributed by atoms with Gasteiger partial charge in [-0.25, -0.2) is 0 Å². The minimum absolute atomic E-state index is 0.0729. The molecule has 36 heavy (non-hydrogen) atoms. The average Bonchev–Trinajstić information content (AvgIpc) is 3.30. The first kappa shape index (κ1) is 24.0. The van der Waals surface area contributed by atoms with Crippen LogP contribution in [0.15, 0.2) is 121 Å². The summed E-state index contributed by atoms with van der Waals surface area (Å²) in [4.78, 5) is 14.9. The Morgan fingerprint density at radius 3 is 1.67 bits per heavy atom. The Balaban J connectivity index is 1.41. The molecule has 4 aromatic carbocycles. The van der Waals surface area contributed by atoms with Crippen LogP contribution in [0.1, 0.15) is 41.5 Å². The van der Waals surface area contributed by atoms with Gasteiger partial charge in [0.1, 0.15) is 5.60 Å². The second-order valence-corrected chi connectivity index (χ2v) is 9.46. The molecule has 0 unspecified atom stereocenters. The van der Waals surface area contributed by atoms with Gasteiger partial charge in [-0.3, -0.25) is 4.79 Å². The van der Waals surface area contributed by atoms with Gasteiger partial charge in [-0.1, -0.05) is 121 Å². The quantitative estimate of drug-likeness (QED) is 0.241. The number of amides is 1. The van der Waals surface area contributed by atoms with Gasteiger partial charge in [0.25, 0.3) is 0 Å². The van der Waals surface area contributed by atoms with Gasteiger partial charge in [-0.2, -0.15) is 0 Å². The highest BCUT2D eigenvalue weighted by Gasteiger charge is 2.40. The third-order valence-corrected chi connectivity index (χ3v) is 7.19. The normalized spacial score (nSPS) is 15.8. The van der Waals surface area contributed by atoms with E-state index in [-0.39, 0.29) is 11.9 Å². The fourth-order valence-electron chi connectivity index (χ4n) is 5.36.